The van der Waals surface area contributed by atoms with E-state index in [1.807, 2.05) is 45.0 Å². The van der Waals surface area contributed by atoms with Crippen LogP contribution < -0.4 is 10.1 Å². The van der Waals surface area contributed by atoms with Crippen molar-refractivity contribution in [1.82, 2.24) is 0 Å². The van der Waals surface area contributed by atoms with Gasteiger partial charge in [-0.1, -0.05) is 39.7 Å². The van der Waals surface area contributed by atoms with Gasteiger partial charge in [-0.2, -0.15) is 0 Å². The minimum atomic E-state index is -0.162. The molecule has 0 unspecified atom stereocenters. The lowest BCUT2D eigenvalue weighted by atomic mass is 10.1. The Morgan fingerprint density at radius 1 is 1.14 bits per heavy atom. The van der Waals surface area contributed by atoms with Gasteiger partial charge in [0.25, 0.3) is 5.91 Å². The summed E-state index contributed by atoms with van der Waals surface area (Å²) in [6.07, 6.45) is 0. The molecule has 4 heteroatoms. The first-order chi connectivity index (χ1) is 9.95. The fourth-order valence-corrected chi connectivity index (χ4v) is 2.64. The van der Waals surface area contributed by atoms with Crippen LogP contribution in [0.25, 0.3) is 0 Å². The zero-order chi connectivity index (χ0) is 15.4. The first kappa shape index (κ1) is 15.6. The fourth-order valence-electron chi connectivity index (χ4n) is 2.26. The first-order valence-electron chi connectivity index (χ1n) is 6.72. The molecule has 110 valence electrons. The van der Waals surface area contributed by atoms with Crippen molar-refractivity contribution in [3.05, 3.63) is 57.6 Å². The van der Waals surface area contributed by atoms with Gasteiger partial charge in [0.1, 0.15) is 5.75 Å². The summed E-state index contributed by atoms with van der Waals surface area (Å²) in [5, 5.41) is 2.91. The largest absolute Gasteiger partial charge is 0.484 e. The molecule has 1 amide bonds. The Morgan fingerprint density at radius 2 is 1.81 bits per heavy atom. The van der Waals surface area contributed by atoms with E-state index < -0.39 is 0 Å². The maximum atomic E-state index is 12.0. The molecule has 1 N–H and O–H groups in total. The summed E-state index contributed by atoms with van der Waals surface area (Å²) in [4.78, 5) is 12.0. The molecule has 2 aromatic rings. The summed E-state index contributed by atoms with van der Waals surface area (Å²) in [6.45, 7) is 6.01. The third-order valence-electron chi connectivity index (χ3n) is 3.11. The van der Waals surface area contributed by atoms with Crippen LogP contribution in [0.15, 0.2) is 40.9 Å². The van der Waals surface area contributed by atoms with Crippen LogP contribution in [0.5, 0.6) is 5.75 Å². The first-order valence-corrected chi connectivity index (χ1v) is 7.51. The molecule has 0 aromatic heterocycles. The monoisotopic (exact) mass is 347 g/mol. The third-order valence-corrected chi connectivity index (χ3v) is 3.60. The zero-order valence-corrected chi connectivity index (χ0v) is 14.0. The average molecular weight is 348 g/mol. The number of amides is 1. The minimum Gasteiger partial charge on any atom is -0.484 e. The summed E-state index contributed by atoms with van der Waals surface area (Å²) in [5.74, 6) is 0.502. The summed E-state index contributed by atoms with van der Waals surface area (Å²) < 4.78 is 6.40. The van der Waals surface area contributed by atoms with Gasteiger partial charge in [-0.15, -0.1) is 0 Å². The van der Waals surface area contributed by atoms with Crippen molar-refractivity contribution < 1.29 is 9.53 Å². The second-order valence-electron chi connectivity index (χ2n) is 5.07. The van der Waals surface area contributed by atoms with E-state index in [2.05, 4.69) is 33.4 Å². The number of anilines is 1. The van der Waals surface area contributed by atoms with Gasteiger partial charge in [0.05, 0.1) is 0 Å². The molecule has 2 aromatic carbocycles. The van der Waals surface area contributed by atoms with Gasteiger partial charge in [0, 0.05) is 10.2 Å². The molecule has 0 aliphatic carbocycles. The van der Waals surface area contributed by atoms with Crippen LogP contribution in [-0.4, -0.2) is 12.5 Å². The highest BCUT2D eigenvalue weighted by atomic mass is 79.9. The van der Waals surface area contributed by atoms with Crippen molar-refractivity contribution in [2.24, 2.45) is 0 Å². The topological polar surface area (TPSA) is 38.3 Å². The van der Waals surface area contributed by atoms with Gasteiger partial charge in [0.15, 0.2) is 6.61 Å². The Kier molecular flexibility index (Phi) is 5.02. The molecule has 0 aliphatic rings. The highest BCUT2D eigenvalue weighted by molar-refractivity contribution is 9.10. The molecule has 0 bridgehead atoms. The smallest absolute Gasteiger partial charge is 0.262 e. The quantitative estimate of drug-likeness (QED) is 0.890. The zero-order valence-electron chi connectivity index (χ0n) is 12.4. The number of nitrogens with one attached hydrogen (secondary N) is 1. The summed E-state index contributed by atoms with van der Waals surface area (Å²) in [6, 6.07) is 11.5. The molecule has 2 rings (SSSR count). The Hall–Kier alpha value is -1.81. The second kappa shape index (κ2) is 6.76. The van der Waals surface area contributed by atoms with E-state index >= 15 is 0 Å². The van der Waals surface area contributed by atoms with E-state index in [4.69, 9.17) is 4.74 Å². The molecular weight excluding hydrogens is 330 g/mol. The van der Waals surface area contributed by atoms with E-state index in [9.17, 15) is 4.79 Å². The van der Waals surface area contributed by atoms with Gasteiger partial charge in [-0.3, -0.25) is 4.79 Å². The van der Waals surface area contributed by atoms with Gasteiger partial charge in [-0.05, 0) is 50.1 Å². The molecule has 21 heavy (non-hydrogen) atoms. The molecule has 3 nitrogen and oxygen atoms in total. The maximum Gasteiger partial charge on any atom is 0.262 e. The van der Waals surface area contributed by atoms with Crippen molar-refractivity contribution >= 4 is 27.5 Å². The number of hydrogen-bond acceptors (Lipinski definition) is 2. The van der Waals surface area contributed by atoms with E-state index in [1.165, 1.54) is 5.56 Å². The van der Waals surface area contributed by atoms with E-state index in [1.54, 1.807) is 0 Å². The second-order valence-corrected chi connectivity index (χ2v) is 5.98. The number of rotatable bonds is 4. The lowest BCUT2D eigenvalue weighted by Crippen LogP contribution is -2.21. The number of benzene rings is 2. The van der Waals surface area contributed by atoms with Crippen LogP contribution in [0.1, 0.15) is 16.7 Å². The van der Waals surface area contributed by atoms with E-state index in [0.717, 1.165) is 21.3 Å². The predicted octanol–water partition coefficient (Wildman–Crippen LogP) is 4.39. The molecule has 0 saturated carbocycles. The molecule has 0 radical (unpaired) electrons. The van der Waals surface area contributed by atoms with Crippen LogP contribution in [0, 0.1) is 20.8 Å². The lowest BCUT2D eigenvalue weighted by molar-refractivity contribution is -0.118. The fraction of sp³-hybridized carbons (Fsp3) is 0.235. The number of halogens is 1. The normalized spacial score (nSPS) is 10.3. The van der Waals surface area contributed by atoms with Crippen molar-refractivity contribution in [3.63, 3.8) is 0 Å². The number of carbonyl (C=O) groups is 1. The summed E-state index contributed by atoms with van der Waals surface area (Å²) in [7, 11) is 0. The molecule has 0 heterocycles. The molecule has 0 atom stereocenters. The van der Waals surface area contributed by atoms with Gasteiger partial charge in [-0.25, -0.2) is 0 Å². The van der Waals surface area contributed by atoms with Crippen LogP contribution in [0.4, 0.5) is 5.69 Å². The SMILES string of the molecule is Cc1cc(C)c(NC(=O)COc2cccc(Br)c2)c(C)c1. The van der Waals surface area contributed by atoms with Gasteiger partial charge in [0.2, 0.25) is 0 Å². The highest BCUT2D eigenvalue weighted by Crippen LogP contribution is 2.22. The van der Waals surface area contributed by atoms with Crippen molar-refractivity contribution in [3.8, 4) is 5.75 Å². The number of ether oxygens (including phenoxy) is 1. The standard InChI is InChI=1S/C17H18BrNO2/c1-11-7-12(2)17(13(3)8-11)19-16(20)10-21-15-6-4-5-14(18)9-15/h4-9H,10H2,1-3H3,(H,19,20). The average Bonchev–Trinajstić information content (AvgIpc) is 2.40. The van der Waals surface area contributed by atoms with Crippen LogP contribution in [-0.2, 0) is 4.79 Å². The predicted molar refractivity (Wildman–Crippen MR) is 88.9 cm³/mol. The van der Waals surface area contributed by atoms with Crippen molar-refractivity contribution in [2.45, 2.75) is 20.8 Å². The molecular formula is C17H18BrNO2. The van der Waals surface area contributed by atoms with Crippen molar-refractivity contribution in [1.29, 1.82) is 0 Å². The van der Waals surface area contributed by atoms with Crippen LogP contribution in [0.3, 0.4) is 0 Å². The number of hydrogen-bond donors (Lipinski definition) is 1. The van der Waals surface area contributed by atoms with Crippen LogP contribution >= 0.6 is 15.9 Å². The lowest BCUT2D eigenvalue weighted by Gasteiger charge is -2.13. The Bertz CT molecular complexity index is 645. The van der Waals surface area contributed by atoms with Crippen molar-refractivity contribution in [2.75, 3.05) is 11.9 Å². The van der Waals surface area contributed by atoms with Gasteiger partial charge < -0.3 is 10.1 Å². The Balaban J connectivity index is 1.99. The number of aryl methyl sites for hydroxylation is 3. The molecule has 0 aliphatic heterocycles. The minimum absolute atomic E-state index is 0.0107. The Labute approximate surface area is 133 Å². The number of carbonyl (C=O) groups excluding carboxylic acids is 1. The third kappa shape index (κ3) is 4.33. The maximum absolute atomic E-state index is 12.0. The Morgan fingerprint density at radius 3 is 2.43 bits per heavy atom. The van der Waals surface area contributed by atoms with E-state index in [-0.39, 0.29) is 12.5 Å². The molecule has 0 fully saturated rings. The highest BCUT2D eigenvalue weighted by Gasteiger charge is 2.09. The van der Waals surface area contributed by atoms with E-state index in [0.29, 0.717) is 5.75 Å². The summed E-state index contributed by atoms with van der Waals surface area (Å²) >= 11 is 3.37. The summed E-state index contributed by atoms with van der Waals surface area (Å²) in [5.41, 5.74) is 4.17. The van der Waals surface area contributed by atoms with Crippen LogP contribution in [0.2, 0.25) is 0 Å². The molecule has 0 saturated heterocycles. The molecule has 0 spiro atoms. The van der Waals surface area contributed by atoms with Gasteiger partial charge >= 0.3 is 0 Å².